The van der Waals surface area contributed by atoms with Crippen LogP contribution in [0.4, 0.5) is 0 Å². The Kier molecular flexibility index (Phi) is 2.06. The molecule has 1 aromatic rings. The van der Waals surface area contributed by atoms with E-state index in [1.807, 2.05) is 13.8 Å². The van der Waals surface area contributed by atoms with E-state index in [1.165, 1.54) is 0 Å². The molecule has 0 saturated heterocycles. The van der Waals surface area contributed by atoms with Gasteiger partial charge in [-0.3, -0.25) is 5.10 Å². The first-order valence-electron chi connectivity index (χ1n) is 3.43. The molecule has 56 valence electrons. The molecule has 0 spiro atoms. The first kappa shape index (κ1) is 7.28. The summed E-state index contributed by atoms with van der Waals surface area (Å²) < 4.78 is 0. The van der Waals surface area contributed by atoms with Crippen molar-refractivity contribution in [1.29, 1.82) is 0 Å². The molecule has 10 heavy (non-hydrogen) atoms. The van der Waals surface area contributed by atoms with E-state index in [4.69, 9.17) is 5.11 Å². The normalized spacial score (nSPS) is 10.3. The van der Waals surface area contributed by atoms with Gasteiger partial charge in [-0.05, 0) is 18.9 Å². The van der Waals surface area contributed by atoms with Gasteiger partial charge in [-0.2, -0.15) is 5.10 Å². The van der Waals surface area contributed by atoms with Crippen LogP contribution in [0.3, 0.4) is 0 Å². The van der Waals surface area contributed by atoms with Gasteiger partial charge in [0.2, 0.25) is 0 Å². The van der Waals surface area contributed by atoms with Crippen LogP contribution in [-0.4, -0.2) is 15.3 Å². The number of aryl methyl sites for hydroxylation is 1. The number of nitrogens with one attached hydrogen (secondary N) is 1. The minimum atomic E-state index is 0.0544. The van der Waals surface area contributed by atoms with Gasteiger partial charge in [0.25, 0.3) is 0 Å². The van der Waals surface area contributed by atoms with Crippen LogP contribution in [0.1, 0.15) is 23.9 Å². The Hall–Kier alpha value is -0.830. The first-order valence-corrected chi connectivity index (χ1v) is 3.43. The fraction of sp³-hybridized carbons (Fsp3) is 0.571. The Morgan fingerprint density at radius 1 is 1.60 bits per heavy atom. The lowest BCUT2D eigenvalue weighted by Crippen LogP contribution is -1.86. The molecule has 3 heteroatoms. The lowest BCUT2D eigenvalue weighted by Gasteiger charge is -1.91. The minimum Gasteiger partial charge on any atom is -0.390 e. The maximum Gasteiger partial charge on any atom is 0.0850 e. The zero-order chi connectivity index (χ0) is 7.56. The molecule has 3 nitrogen and oxygen atoms in total. The van der Waals surface area contributed by atoms with E-state index in [0.29, 0.717) is 0 Å². The van der Waals surface area contributed by atoms with Gasteiger partial charge >= 0.3 is 0 Å². The number of hydrogen-bond donors (Lipinski definition) is 2. The molecule has 0 unspecified atom stereocenters. The molecule has 0 aliphatic rings. The van der Waals surface area contributed by atoms with Crippen molar-refractivity contribution in [2.75, 3.05) is 0 Å². The zero-order valence-corrected chi connectivity index (χ0v) is 6.31. The predicted octanol–water partition coefficient (Wildman–Crippen LogP) is 0.773. The summed E-state index contributed by atoms with van der Waals surface area (Å²) in [6, 6.07) is 0. The molecule has 1 rings (SSSR count). The maximum atomic E-state index is 8.76. The van der Waals surface area contributed by atoms with Crippen LogP contribution in [0.15, 0.2) is 0 Å². The summed E-state index contributed by atoms with van der Waals surface area (Å²) in [4.78, 5) is 0. The third-order valence-corrected chi connectivity index (χ3v) is 1.70. The number of hydrogen-bond acceptors (Lipinski definition) is 2. The van der Waals surface area contributed by atoms with Crippen LogP contribution in [0, 0.1) is 6.92 Å². The van der Waals surface area contributed by atoms with Gasteiger partial charge in [-0.25, -0.2) is 0 Å². The van der Waals surface area contributed by atoms with Crippen LogP contribution < -0.4 is 0 Å². The molecule has 0 aliphatic heterocycles. The Labute approximate surface area is 60.1 Å². The quantitative estimate of drug-likeness (QED) is 0.637. The molecule has 0 bridgehead atoms. The topological polar surface area (TPSA) is 48.9 Å². The van der Waals surface area contributed by atoms with Crippen molar-refractivity contribution in [3.05, 3.63) is 17.0 Å². The van der Waals surface area contributed by atoms with Gasteiger partial charge < -0.3 is 5.11 Å². The summed E-state index contributed by atoms with van der Waals surface area (Å²) >= 11 is 0. The number of rotatable bonds is 2. The largest absolute Gasteiger partial charge is 0.390 e. The lowest BCUT2D eigenvalue weighted by atomic mass is 10.2. The molecule has 1 heterocycles. The van der Waals surface area contributed by atoms with Gasteiger partial charge in [0, 0.05) is 0 Å². The van der Waals surface area contributed by atoms with Crippen LogP contribution >= 0.6 is 0 Å². The second kappa shape index (κ2) is 2.84. The number of aromatic amines is 1. The average molecular weight is 140 g/mol. The molecule has 0 amide bonds. The molecule has 1 aromatic heterocycles. The minimum absolute atomic E-state index is 0.0544. The van der Waals surface area contributed by atoms with Crippen LogP contribution in [0.2, 0.25) is 0 Å². The molecule has 0 aromatic carbocycles. The lowest BCUT2D eigenvalue weighted by molar-refractivity contribution is 0.276. The number of aromatic nitrogens is 2. The molecule has 0 atom stereocenters. The van der Waals surface area contributed by atoms with E-state index >= 15 is 0 Å². The van der Waals surface area contributed by atoms with E-state index in [9.17, 15) is 0 Å². The highest BCUT2D eigenvalue weighted by molar-refractivity contribution is 5.22. The predicted molar refractivity (Wildman–Crippen MR) is 38.6 cm³/mol. The monoisotopic (exact) mass is 140 g/mol. The standard InChI is InChI=1S/C7H12N2O/c1-3-6-5(2)7(4-10)9-8-6/h10H,3-4H2,1-2H3,(H,8,9). The Balaban J connectivity index is 2.97. The molecule has 0 saturated carbocycles. The number of H-pyrrole nitrogens is 1. The molecule has 0 aliphatic carbocycles. The molecule has 0 fully saturated rings. The first-order chi connectivity index (χ1) is 4.79. The van der Waals surface area contributed by atoms with Crippen LogP contribution in [-0.2, 0) is 13.0 Å². The summed E-state index contributed by atoms with van der Waals surface area (Å²) in [6.07, 6.45) is 0.919. The van der Waals surface area contributed by atoms with Gasteiger partial charge in [0.05, 0.1) is 18.0 Å². The van der Waals surface area contributed by atoms with Gasteiger partial charge in [0.15, 0.2) is 0 Å². The van der Waals surface area contributed by atoms with Crippen LogP contribution in [0.25, 0.3) is 0 Å². The van der Waals surface area contributed by atoms with Crippen molar-refractivity contribution in [3.8, 4) is 0 Å². The van der Waals surface area contributed by atoms with E-state index < -0.39 is 0 Å². The third-order valence-electron chi connectivity index (χ3n) is 1.70. The highest BCUT2D eigenvalue weighted by Gasteiger charge is 2.04. The molecular weight excluding hydrogens is 128 g/mol. The Morgan fingerprint density at radius 2 is 2.30 bits per heavy atom. The fourth-order valence-electron chi connectivity index (χ4n) is 0.975. The van der Waals surface area contributed by atoms with Crippen molar-refractivity contribution in [1.82, 2.24) is 10.2 Å². The van der Waals surface area contributed by atoms with Crippen molar-refractivity contribution in [2.45, 2.75) is 26.9 Å². The van der Waals surface area contributed by atoms with Crippen molar-refractivity contribution < 1.29 is 5.11 Å². The summed E-state index contributed by atoms with van der Waals surface area (Å²) in [6.45, 7) is 4.07. The van der Waals surface area contributed by atoms with Crippen molar-refractivity contribution in [2.24, 2.45) is 0 Å². The molecule has 0 radical (unpaired) electrons. The van der Waals surface area contributed by atoms with Gasteiger partial charge in [0.1, 0.15) is 0 Å². The second-order valence-electron chi connectivity index (χ2n) is 2.29. The zero-order valence-electron chi connectivity index (χ0n) is 6.31. The van der Waals surface area contributed by atoms with E-state index in [0.717, 1.165) is 23.4 Å². The van der Waals surface area contributed by atoms with E-state index in [2.05, 4.69) is 10.2 Å². The Bertz CT molecular complexity index is 196. The van der Waals surface area contributed by atoms with Gasteiger partial charge in [-0.1, -0.05) is 6.92 Å². The summed E-state index contributed by atoms with van der Waals surface area (Å²) in [5.74, 6) is 0. The number of nitrogens with zero attached hydrogens (tertiary/aromatic N) is 1. The number of aliphatic hydroxyl groups is 1. The smallest absolute Gasteiger partial charge is 0.0850 e. The van der Waals surface area contributed by atoms with Crippen molar-refractivity contribution in [3.63, 3.8) is 0 Å². The summed E-state index contributed by atoms with van der Waals surface area (Å²) in [5.41, 5.74) is 2.96. The molecule has 2 N–H and O–H groups in total. The highest BCUT2D eigenvalue weighted by Crippen LogP contribution is 2.09. The third kappa shape index (κ3) is 1.04. The fourth-order valence-corrected chi connectivity index (χ4v) is 0.975. The SMILES string of the molecule is CCc1n[nH]c(CO)c1C. The van der Waals surface area contributed by atoms with Crippen LogP contribution in [0.5, 0.6) is 0 Å². The van der Waals surface area contributed by atoms with E-state index in [1.54, 1.807) is 0 Å². The highest BCUT2D eigenvalue weighted by atomic mass is 16.3. The molecular formula is C7H12N2O. The maximum absolute atomic E-state index is 8.76. The average Bonchev–Trinajstić information content (AvgIpc) is 2.30. The Morgan fingerprint density at radius 3 is 2.60 bits per heavy atom. The number of aliphatic hydroxyl groups excluding tert-OH is 1. The van der Waals surface area contributed by atoms with Gasteiger partial charge in [-0.15, -0.1) is 0 Å². The summed E-state index contributed by atoms with van der Waals surface area (Å²) in [5, 5.41) is 15.6. The van der Waals surface area contributed by atoms with E-state index in [-0.39, 0.29) is 6.61 Å². The second-order valence-corrected chi connectivity index (χ2v) is 2.29. The summed E-state index contributed by atoms with van der Waals surface area (Å²) in [7, 11) is 0. The van der Waals surface area contributed by atoms with Crippen molar-refractivity contribution >= 4 is 0 Å².